The molecule has 1 atom stereocenters. The molecule has 2 N–H and O–H groups in total. The first-order chi connectivity index (χ1) is 8.18. The minimum absolute atomic E-state index is 0.131. The van der Waals surface area contributed by atoms with Gasteiger partial charge in [-0.15, -0.1) is 0 Å². The van der Waals surface area contributed by atoms with Crippen LogP contribution in [0.2, 0.25) is 0 Å². The van der Waals surface area contributed by atoms with Crippen LogP contribution in [0, 0.1) is 0 Å². The number of carbonyl (C=O) groups is 2. The molecule has 0 aromatic heterocycles. The number of carboxylic acids is 1. The fourth-order valence-corrected chi connectivity index (χ4v) is 1.90. The van der Waals surface area contributed by atoms with Crippen LogP contribution in [-0.2, 0) is 9.53 Å². The Bertz CT molecular complexity index is 337. The van der Waals surface area contributed by atoms with Crippen molar-refractivity contribution < 1.29 is 24.5 Å². The van der Waals surface area contributed by atoms with E-state index in [0.29, 0.717) is 25.8 Å². The van der Waals surface area contributed by atoms with Crippen LogP contribution in [0.3, 0.4) is 0 Å². The van der Waals surface area contributed by atoms with Gasteiger partial charge < -0.3 is 14.9 Å². The van der Waals surface area contributed by atoms with Gasteiger partial charge in [-0.25, -0.2) is 4.79 Å². The lowest BCUT2D eigenvalue weighted by Crippen LogP contribution is -2.53. The molecule has 0 radical (unpaired) electrons. The number of ether oxygens (including phenoxy) is 1. The number of amides is 1. The first-order valence-electron chi connectivity index (χ1n) is 6.13. The van der Waals surface area contributed by atoms with Crippen molar-refractivity contribution in [2.45, 2.75) is 57.8 Å². The highest BCUT2D eigenvalue weighted by Gasteiger charge is 2.56. The zero-order valence-corrected chi connectivity index (χ0v) is 11.1. The molecule has 0 aliphatic carbocycles. The summed E-state index contributed by atoms with van der Waals surface area (Å²) in [4.78, 5) is 23.3. The maximum absolute atomic E-state index is 11.6. The van der Waals surface area contributed by atoms with E-state index < -0.39 is 23.4 Å². The third-order valence-corrected chi connectivity index (χ3v) is 3.50. The molecule has 0 saturated carbocycles. The highest BCUT2D eigenvalue weighted by atomic mass is 16.6. The molecule has 1 heterocycles. The van der Waals surface area contributed by atoms with Gasteiger partial charge in [0.15, 0.2) is 11.3 Å². The summed E-state index contributed by atoms with van der Waals surface area (Å²) in [6.07, 6.45) is 1.53. The van der Waals surface area contributed by atoms with Crippen LogP contribution in [0.1, 0.15) is 46.5 Å². The molecule has 0 aromatic rings. The van der Waals surface area contributed by atoms with E-state index in [2.05, 4.69) is 0 Å². The molecule has 0 aromatic carbocycles. The highest BCUT2D eigenvalue weighted by molar-refractivity contribution is 5.72. The van der Waals surface area contributed by atoms with Crippen molar-refractivity contribution in [2.24, 2.45) is 0 Å². The number of nitrogens with zero attached hydrogens (tertiary/aromatic N) is 1. The molecular formula is C12H21NO5. The lowest BCUT2D eigenvalue weighted by molar-refractivity contribution is -0.137. The number of rotatable bonds is 6. The summed E-state index contributed by atoms with van der Waals surface area (Å²) in [6, 6.07) is 0. The van der Waals surface area contributed by atoms with E-state index in [1.54, 1.807) is 20.8 Å². The highest BCUT2D eigenvalue weighted by Crippen LogP contribution is 2.36. The Hall–Kier alpha value is -1.30. The summed E-state index contributed by atoms with van der Waals surface area (Å²) in [6.45, 7) is 5.24. The molecule has 6 nitrogen and oxygen atoms in total. The van der Waals surface area contributed by atoms with Gasteiger partial charge in [0.25, 0.3) is 0 Å². The second kappa shape index (κ2) is 5.14. The largest absolute Gasteiger partial charge is 0.481 e. The summed E-state index contributed by atoms with van der Waals surface area (Å²) >= 11 is 0. The second-order valence-electron chi connectivity index (χ2n) is 5.26. The molecular weight excluding hydrogens is 238 g/mol. The molecule has 6 heteroatoms. The third-order valence-electron chi connectivity index (χ3n) is 3.50. The third kappa shape index (κ3) is 2.93. The number of cyclic esters (lactones) is 1. The Labute approximate surface area is 107 Å². The zero-order valence-electron chi connectivity index (χ0n) is 11.1. The fraction of sp³-hybridized carbons (Fsp3) is 0.833. The van der Waals surface area contributed by atoms with Crippen LogP contribution >= 0.6 is 0 Å². The van der Waals surface area contributed by atoms with Gasteiger partial charge >= 0.3 is 12.1 Å². The molecule has 1 rings (SSSR count). The second-order valence-corrected chi connectivity index (χ2v) is 5.26. The Morgan fingerprint density at radius 3 is 2.33 bits per heavy atom. The van der Waals surface area contributed by atoms with E-state index in [9.17, 15) is 14.7 Å². The Kier molecular flexibility index (Phi) is 4.21. The lowest BCUT2D eigenvalue weighted by atomic mass is 9.96. The monoisotopic (exact) mass is 259 g/mol. The van der Waals surface area contributed by atoms with Crippen LogP contribution in [0.4, 0.5) is 4.79 Å². The number of aliphatic hydroxyl groups is 1. The Morgan fingerprint density at radius 1 is 1.28 bits per heavy atom. The van der Waals surface area contributed by atoms with Gasteiger partial charge in [0.05, 0.1) is 0 Å². The van der Waals surface area contributed by atoms with Gasteiger partial charge in [0.2, 0.25) is 0 Å². The molecule has 0 bridgehead atoms. The zero-order chi connectivity index (χ0) is 14.0. The van der Waals surface area contributed by atoms with Gasteiger partial charge in [-0.3, -0.25) is 9.69 Å². The number of aliphatic carboxylic acids is 1. The summed E-state index contributed by atoms with van der Waals surface area (Å²) in [5.41, 5.74) is -2.28. The maximum atomic E-state index is 11.6. The minimum atomic E-state index is -1.34. The Morgan fingerprint density at radius 2 is 1.89 bits per heavy atom. The van der Waals surface area contributed by atoms with Crippen molar-refractivity contribution in [3.05, 3.63) is 0 Å². The van der Waals surface area contributed by atoms with Crippen LogP contribution < -0.4 is 0 Å². The average Bonchev–Trinajstić information content (AvgIpc) is 2.34. The van der Waals surface area contributed by atoms with E-state index in [4.69, 9.17) is 9.84 Å². The summed E-state index contributed by atoms with van der Waals surface area (Å²) in [7, 11) is 0. The minimum Gasteiger partial charge on any atom is -0.481 e. The predicted molar refractivity (Wildman–Crippen MR) is 64.0 cm³/mol. The molecule has 1 fully saturated rings. The molecule has 1 aliphatic heterocycles. The molecule has 1 amide bonds. The molecule has 104 valence electrons. The molecule has 0 unspecified atom stereocenters. The first-order valence-corrected chi connectivity index (χ1v) is 6.13. The van der Waals surface area contributed by atoms with Crippen molar-refractivity contribution >= 4 is 12.1 Å². The lowest BCUT2D eigenvalue weighted by Gasteiger charge is -2.34. The molecule has 1 saturated heterocycles. The Balaban J connectivity index is 2.42. The van der Waals surface area contributed by atoms with Crippen LogP contribution in [0.5, 0.6) is 0 Å². The fourth-order valence-electron chi connectivity index (χ4n) is 1.90. The first kappa shape index (κ1) is 14.8. The van der Waals surface area contributed by atoms with E-state index >= 15 is 0 Å². The van der Waals surface area contributed by atoms with Gasteiger partial charge in [-0.1, -0.05) is 6.42 Å². The van der Waals surface area contributed by atoms with E-state index in [-0.39, 0.29) is 6.42 Å². The van der Waals surface area contributed by atoms with Gasteiger partial charge in [-0.05, 0) is 33.6 Å². The molecule has 18 heavy (non-hydrogen) atoms. The van der Waals surface area contributed by atoms with Crippen molar-refractivity contribution in [1.82, 2.24) is 4.90 Å². The van der Waals surface area contributed by atoms with Gasteiger partial charge in [-0.2, -0.15) is 0 Å². The quantitative estimate of drug-likeness (QED) is 0.707. The topological polar surface area (TPSA) is 87.1 Å². The maximum Gasteiger partial charge on any atom is 0.412 e. The van der Waals surface area contributed by atoms with E-state index in [1.165, 1.54) is 4.90 Å². The van der Waals surface area contributed by atoms with Crippen LogP contribution in [0.25, 0.3) is 0 Å². The number of hydrogen-bond donors (Lipinski definition) is 2. The average molecular weight is 259 g/mol. The summed E-state index contributed by atoms with van der Waals surface area (Å²) < 4.78 is 5.11. The number of carbonyl (C=O) groups excluding carboxylic acids is 1. The number of carboxylic acid groups (broad SMARTS) is 1. The summed E-state index contributed by atoms with van der Waals surface area (Å²) in [5.74, 6) is -0.816. The predicted octanol–water partition coefficient (Wildman–Crippen LogP) is 1.57. The van der Waals surface area contributed by atoms with E-state index in [0.717, 1.165) is 0 Å². The smallest absolute Gasteiger partial charge is 0.412 e. The van der Waals surface area contributed by atoms with Crippen LogP contribution in [-0.4, -0.2) is 45.0 Å². The normalized spacial score (nSPS) is 26.2. The number of unbranched alkanes of at least 4 members (excludes halogenated alkanes) is 2. The standard InChI is InChI=1S/C12H21NO5/c1-11(2)12(3,17)13(10(16)18-11)8-6-4-5-7-9(14)15/h17H,4-8H2,1-3H3,(H,14,15)/t12-/m1/s1. The molecule has 1 aliphatic rings. The van der Waals surface area contributed by atoms with Crippen molar-refractivity contribution in [2.75, 3.05) is 6.54 Å². The van der Waals surface area contributed by atoms with Gasteiger partial charge in [0, 0.05) is 13.0 Å². The SMILES string of the molecule is CC1(C)OC(=O)N(CCCCCC(=O)O)[C@]1(C)O. The van der Waals surface area contributed by atoms with E-state index in [1.807, 2.05) is 0 Å². The molecule has 0 spiro atoms. The van der Waals surface area contributed by atoms with Crippen molar-refractivity contribution in [3.8, 4) is 0 Å². The summed E-state index contributed by atoms with van der Waals surface area (Å²) in [5, 5.41) is 18.8. The van der Waals surface area contributed by atoms with Gasteiger partial charge in [0.1, 0.15) is 0 Å². The number of hydrogen-bond acceptors (Lipinski definition) is 4. The van der Waals surface area contributed by atoms with Crippen LogP contribution in [0.15, 0.2) is 0 Å². The van der Waals surface area contributed by atoms with Crippen molar-refractivity contribution in [1.29, 1.82) is 0 Å². The van der Waals surface area contributed by atoms with Crippen molar-refractivity contribution in [3.63, 3.8) is 0 Å².